The van der Waals surface area contributed by atoms with Gasteiger partial charge in [-0.05, 0) is 25.5 Å². The predicted octanol–water partition coefficient (Wildman–Crippen LogP) is -0.153. The van der Waals surface area contributed by atoms with Crippen molar-refractivity contribution in [3.05, 3.63) is 29.3 Å². The Bertz CT molecular complexity index is 746. The number of nitrogens with one attached hydrogen (secondary N) is 2. The zero-order valence-electron chi connectivity index (χ0n) is 13.2. The average Bonchev–Trinajstić information content (AvgIpc) is 2.80. The van der Waals surface area contributed by atoms with Crippen LogP contribution in [0.1, 0.15) is 40.5 Å². The molecular formula is C16H18N4O4. The Morgan fingerprint density at radius 1 is 1.29 bits per heavy atom. The monoisotopic (exact) mass is 330 g/mol. The normalized spacial score (nSPS) is 21.6. The molecule has 8 heteroatoms. The number of anilines is 1. The van der Waals surface area contributed by atoms with Crippen molar-refractivity contribution >= 4 is 29.3 Å². The van der Waals surface area contributed by atoms with Crippen molar-refractivity contribution in [1.82, 2.24) is 10.2 Å². The van der Waals surface area contributed by atoms with Crippen molar-refractivity contribution in [1.29, 1.82) is 0 Å². The fourth-order valence-corrected chi connectivity index (χ4v) is 2.96. The zero-order valence-corrected chi connectivity index (χ0v) is 13.2. The molecular weight excluding hydrogens is 312 g/mol. The molecule has 2 aliphatic rings. The van der Waals surface area contributed by atoms with Gasteiger partial charge in [0.05, 0.1) is 11.1 Å². The van der Waals surface area contributed by atoms with Crippen LogP contribution in [-0.4, -0.2) is 47.2 Å². The van der Waals surface area contributed by atoms with Crippen LogP contribution in [0.2, 0.25) is 0 Å². The highest BCUT2D eigenvalue weighted by Crippen LogP contribution is 2.32. The second-order valence-electron chi connectivity index (χ2n) is 5.96. The molecule has 3 rings (SSSR count). The molecule has 0 spiro atoms. The largest absolute Gasteiger partial charge is 0.381 e. The summed E-state index contributed by atoms with van der Waals surface area (Å²) in [6.07, 6.45) is 0.233. The van der Waals surface area contributed by atoms with Crippen LogP contribution >= 0.6 is 0 Å². The van der Waals surface area contributed by atoms with Gasteiger partial charge in [-0.1, -0.05) is 6.07 Å². The maximum absolute atomic E-state index is 12.8. The van der Waals surface area contributed by atoms with E-state index >= 15 is 0 Å². The van der Waals surface area contributed by atoms with E-state index in [4.69, 9.17) is 5.73 Å². The van der Waals surface area contributed by atoms with Gasteiger partial charge in [-0.3, -0.25) is 29.4 Å². The Morgan fingerprint density at radius 3 is 2.71 bits per heavy atom. The lowest BCUT2D eigenvalue weighted by atomic mass is 10.0. The molecule has 1 fully saturated rings. The number of imide groups is 2. The number of carbonyl (C=O) groups is 4. The highest BCUT2D eigenvalue weighted by molar-refractivity contribution is 6.25. The Kier molecular flexibility index (Phi) is 4.06. The molecule has 1 aromatic carbocycles. The third-order valence-electron chi connectivity index (χ3n) is 4.22. The average molecular weight is 330 g/mol. The molecule has 0 radical (unpaired) electrons. The van der Waals surface area contributed by atoms with E-state index in [1.807, 2.05) is 6.92 Å². The lowest BCUT2D eigenvalue weighted by molar-refractivity contribution is -0.136. The van der Waals surface area contributed by atoms with Crippen LogP contribution in [0.5, 0.6) is 0 Å². The molecule has 4 N–H and O–H groups in total. The van der Waals surface area contributed by atoms with Gasteiger partial charge in [0, 0.05) is 24.7 Å². The molecule has 2 aliphatic heterocycles. The smallest absolute Gasteiger partial charge is 0.264 e. The van der Waals surface area contributed by atoms with Crippen molar-refractivity contribution < 1.29 is 19.2 Å². The Labute approximate surface area is 138 Å². The van der Waals surface area contributed by atoms with Crippen LogP contribution in [0.4, 0.5) is 5.69 Å². The van der Waals surface area contributed by atoms with Crippen LogP contribution in [0, 0.1) is 0 Å². The molecule has 1 unspecified atom stereocenters. The van der Waals surface area contributed by atoms with Crippen LogP contribution in [0.15, 0.2) is 18.2 Å². The number of nitrogens with zero attached hydrogens (tertiary/aromatic N) is 1. The zero-order chi connectivity index (χ0) is 17.4. The van der Waals surface area contributed by atoms with Gasteiger partial charge >= 0.3 is 0 Å². The van der Waals surface area contributed by atoms with E-state index < -0.39 is 29.7 Å². The minimum atomic E-state index is -0.963. The summed E-state index contributed by atoms with van der Waals surface area (Å²) in [7, 11) is 0. The van der Waals surface area contributed by atoms with E-state index in [9.17, 15) is 19.2 Å². The van der Waals surface area contributed by atoms with Gasteiger partial charge in [-0.25, -0.2) is 0 Å². The van der Waals surface area contributed by atoms with Crippen molar-refractivity contribution in [3.63, 3.8) is 0 Å². The topological polar surface area (TPSA) is 122 Å². The van der Waals surface area contributed by atoms with Crippen LogP contribution < -0.4 is 16.4 Å². The number of benzene rings is 1. The summed E-state index contributed by atoms with van der Waals surface area (Å²) in [4.78, 5) is 49.7. The number of nitrogens with two attached hydrogens (primary N) is 1. The van der Waals surface area contributed by atoms with Crippen molar-refractivity contribution in [2.24, 2.45) is 5.73 Å². The number of rotatable bonds is 4. The van der Waals surface area contributed by atoms with Gasteiger partial charge in [0.15, 0.2) is 0 Å². The second-order valence-corrected chi connectivity index (χ2v) is 5.96. The third-order valence-corrected chi connectivity index (χ3v) is 4.22. The van der Waals surface area contributed by atoms with E-state index in [1.165, 1.54) is 0 Å². The van der Waals surface area contributed by atoms with Gasteiger partial charge in [-0.15, -0.1) is 0 Å². The molecule has 0 bridgehead atoms. The van der Waals surface area contributed by atoms with E-state index in [2.05, 4.69) is 10.6 Å². The third kappa shape index (κ3) is 2.54. The lowest BCUT2D eigenvalue weighted by Gasteiger charge is -2.27. The van der Waals surface area contributed by atoms with E-state index in [0.717, 1.165) is 4.90 Å². The first-order valence-electron chi connectivity index (χ1n) is 7.75. The number of hydrogen-bond donors (Lipinski definition) is 3. The second kappa shape index (κ2) is 6.04. The number of carbonyl (C=O) groups excluding carboxylic acids is 4. The Hall–Kier alpha value is -2.74. The number of amides is 4. The van der Waals surface area contributed by atoms with E-state index in [0.29, 0.717) is 12.2 Å². The summed E-state index contributed by atoms with van der Waals surface area (Å²) in [5.41, 5.74) is 6.60. The van der Waals surface area contributed by atoms with Crippen molar-refractivity contribution in [3.8, 4) is 0 Å². The van der Waals surface area contributed by atoms with E-state index in [1.54, 1.807) is 18.2 Å². The summed E-state index contributed by atoms with van der Waals surface area (Å²) in [6, 6.07) is 3.88. The lowest BCUT2D eigenvalue weighted by Crippen LogP contribution is -2.54. The van der Waals surface area contributed by atoms with Gasteiger partial charge in [0.25, 0.3) is 11.8 Å². The Morgan fingerprint density at radius 2 is 2.04 bits per heavy atom. The maximum Gasteiger partial charge on any atom is 0.264 e. The molecule has 2 heterocycles. The first-order chi connectivity index (χ1) is 11.4. The van der Waals surface area contributed by atoms with E-state index in [-0.39, 0.29) is 30.0 Å². The maximum atomic E-state index is 12.8. The van der Waals surface area contributed by atoms with Gasteiger partial charge in [0.2, 0.25) is 11.8 Å². The van der Waals surface area contributed by atoms with Gasteiger partial charge in [-0.2, -0.15) is 0 Å². The molecule has 1 saturated heterocycles. The summed E-state index contributed by atoms with van der Waals surface area (Å²) < 4.78 is 0. The van der Waals surface area contributed by atoms with Gasteiger partial charge in [0.1, 0.15) is 6.04 Å². The summed E-state index contributed by atoms with van der Waals surface area (Å²) in [6.45, 7) is 2.22. The molecule has 8 nitrogen and oxygen atoms in total. The predicted molar refractivity (Wildman–Crippen MR) is 85.3 cm³/mol. The number of hydrogen-bond acceptors (Lipinski definition) is 6. The summed E-state index contributed by atoms with van der Waals surface area (Å²) >= 11 is 0. The molecule has 1 aromatic rings. The van der Waals surface area contributed by atoms with Crippen molar-refractivity contribution in [2.45, 2.75) is 31.8 Å². The number of fused-ring (bicyclic) bond motifs is 1. The Balaban J connectivity index is 1.95. The fourth-order valence-electron chi connectivity index (χ4n) is 2.96. The minimum absolute atomic E-state index is 0.0796. The van der Waals surface area contributed by atoms with Crippen LogP contribution in [0.3, 0.4) is 0 Å². The summed E-state index contributed by atoms with van der Waals surface area (Å²) in [5, 5.41) is 5.28. The van der Waals surface area contributed by atoms with Gasteiger partial charge < -0.3 is 11.1 Å². The standard InChI is InChI=1S/C16H18N4O4/c1-8(7-17)18-10-4-2-3-9-13(10)16(24)20(15(9)23)11-5-6-12(21)19-14(11)22/h2-4,8,11,18H,5-7,17H2,1H3,(H,19,21,22)/t8-,11?/m1/s1. The quantitative estimate of drug-likeness (QED) is 0.660. The first-order valence-corrected chi connectivity index (χ1v) is 7.75. The highest BCUT2D eigenvalue weighted by atomic mass is 16.2. The minimum Gasteiger partial charge on any atom is -0.381 e. The first kappa shape index (κ1) is 16.1. The highest BCUT2D eigenvalue weighted by Gasteiger charge is 2.45. The molecule has 126 valence electrons. The van der Waals surface area contributed by atoms with Crippen LogP contribution in [0.25, 0.3) is 0 Å². The molecule has 2 atom stereocenters. The SMILES string of the molecule is C[C@H](CN)Nc1cccc2c1C(=O)N(C1CCC(=O)NC1=O)C2=O. The van der Waals surface area contributed by atoms with Crippen LogP contribution in [-0.2, 0) is 9.59 Å². The number of piperidine rings is 1. The fraction of sp³-hybridized carbons (Fsp3) is 0.375. The molecule has 0 aromatic heterocycles. The molecule has 0 saturated carbocycles. The molecule has 24 heavy (non-hydrogen) atoms. The summed E-state index contributed by atoms with van der Waals surface area (Å²) in [5.74, 6) is -2.07. The molecule has 4 amide bonds. The molecule has 0 aliphatic carbocycles. The van der Waals surface area contributed by atoms with Crippen molar-refractivity contribution in [2.75, 3.05) is 11.9 Å².